The van der Waals surface area contributed by atoms with E-state index in [1.807, 2.05) is 0 Å². The fourth-order valence-corrected chi connectivity index (χ4v) is 3.93. The molecule has 23 heavy (non-hydrogen) atoms. The lowest BCUT2D eigenvalue weighted by Crippen LogP contribution is -2.41. The third-order valence-electron chi connectivity index (χ3n) is 5.27. The average Bonchev–Trinajstić information content (AvgIpc) is 2.84. The van der Waals surface area contributed by atoms with E-state index in [1.165, 1.54) is 22.5 Å². The van der Waals surface area contributed by atoms with Crippen molar-refractivity contribution in [1.82, 2.24) is 0 Å². The fraction of sp³-hybridized carbons (Fsp3) is 0.273. The minimum atomic E-state index is -0.0910. The van der Waals surface area contributed by atoms with Crippen molar-refractivity contribution in [2.24, 2.45) is 5.92 Å². The third kappa shape index (κ3) is 2.31. The Kier molecular flexibility index (Phi) is 4.12. The number of benzene rings is 2. The molecule has 2 aromatic carbocycles. The molecule has 0 bridgehead atoms. The molecule has 3 rings (SSSR count). The second-order valence-corrected chi connectivity index (χ2v) is 6.32. The van der Waals surface area contributed by atoms with Gasteiger partial charge in [-0.3, -0.25) is 0 Å². The Hall–Kier alpha value is -2.28. The van der Waals surface area contributed by atoms with Gasteiger partial charge in [0.25, 0.3) is 0 Å². The molecule has 1 saturated heterocycles. The van der Waals surface area contributed by atoms with Gasteiger partial charge in [-0.25, -0.2) is 0 Å². The summed E-state index contributed by atoms with van der Waals surface area (Å²) in [4.78, 5) is 2.50. The first kappa shape index (κ1) is 15.6. The van der Waals surface area contributed by atoms with Gasteiger partial charge in [0.05, 0.1) is 5.54 Å². The van der Waals surface area contributed by atoms with Crippen LogP contribution in [0.3, 0.4) is 0 Å². The Bertz CT molecular complexity index is 727. The summed E-state index contributed by atoms with van der Waals surface area (Å²) >= 11 is 0. The lowest BCUT2D eigenvalue weighted by Gasteiger charge is -2.40. The molecule has 2 aromatic rings. The number of nitrogens with zero attached hydrogens (tertiary/aromatic N) is 1. The van der Waals surface area contributed by atoms with Gasteiger partial charge >= 0.3 is 0 Å². The number of anilines is 1. The molecular weight excluding hydrogens is 278 g/mol. The summed E-state index contributed by atoms with van der Waals surface area (Å²) in [5.74, 6) is 0.418. The van der Waals surface area contributed by atoms with Crippen LogP contribution in [0.5, 0.6) is 0 Å². The summed E-state index contributed by atoms with van der Waals surface area (Å²) in [6, 6.07) is 21.6. The zero-order chi connectivity index (χ0) is 16.4. The number of hydrogen-bond acceptors (Lipinski definition) is 1. The quantitative estimate of drug-likeness (QED) is 0.666. The van der Waals surface area contributed by atoms with Crippen molar-refractivity contribution in [3.8, 4) is 0 Å². The molecule has 2 atom stereocenters. The Morgan fingerprint density at radius 1 is 0.870 bits per heavy atom. The highest BCUT2D eigenvalue weighted by Gasteiger charge is 2.49. The molecule has 0 amide bonds. The number of hydrogen-bond donors (Lipinski definition) is 0. The summed E-state index contributed by atoms with van der Waals surface area (Å²) in [7, 11) is 0. The van der Waals surface area contributed by atoms with Gasteiger partial charge in [-0.1, -0.05) is 67.6 Å². The third-order valence-corrected chi connectivity index (χ3v) is 5.27. The van der Waals surface area contributed by atoms with Gasteiger partial charge in [-0.15, -0.1) is 0 Å². The molecule has 0 aliphatic carbocycles. The zero-order valence-electron chi connectivity index (χ0n) is 14.5. The van der Waals surface area contributed by atoms with Gasteiger partial charge in [-0.2, -0.15) is 0 Å². The van der Waals surface area contributed by atoms with Crippen LogP contribution < -0.4 is 4.90 Å². The molecule has 1 fully saturated rings. The molecular formula is C22H25N. The molecule has 118 valence electrons. The summed E-state index contributed by atoms with van der Waals surface area (Å²) < 4.78 is 0. The summed E-state index contributed by atoms with van der Waals surface area (Å²) in [6.07, 6.45) is 4.51. The first-order valence-corrected chi connectivity index (χ1v) is 8.38. The van der Waals surface area contributed by atoms with Crippen LogP contribution in [0.2, 0.25) is 0 Å². The topological polar surface area (TPSA) is 3.24 Å². The highest BCUT2D eigenvalue weighted by Crippen LogP contribution is 2.52. The van der Waals surface area contributed by atoms with Crippen molar-refractivity contribution >= 4 is 5.69 Å². The molecule has 1 nitrogen and oxygen atoms in total. The van der Waals surface area contributed by atoms with Crippen molar-refractivity contribution in [2.75, 3.05) is 4.90 Å². The maximum atomic E-state index is 2.50. The molecule has 2 unspecified atom stereocenters. The Morgan fingerprint density at radius 2 is 1.43 bits per heavy atom. The van der Waals surface area contributed by atoms with E-state index in [9.17, 15) is 0 Å². The summed E-state index contributed by atoms with van der Waals surface area (Å²) in [5, 5.41) is 0. The normalized spacial score (nSPS) is 27.8. The number of para-hydroxylation sites is 1. The van der Waals surface area contributed by atoms with E-state index < -0.39 is 0 Å². The first-order chi connectivity index (χ1) is 11.1. The van der Waals surface area contributed by atoms with Crippen molar-refractivity contribution in [3.63, 3.8) is 0 Å². The van der Waals surface area contributed by atoms with Gasteiger partial charge in [0.15, 0.2) is 0 Å². The van der Waals surface area contributed by atoms with Gasteiger partial charge < -0.3 is 4.90 Å². The van der Waals surface area contributed by atoms with Crippen molar-refractivity contribution in [2.45, 2.75) is 33.2 Å². The lowest BCUT2D eigenvalue weighted by atomic mass is 9.79. The van der Waals surface area contributed by atoms with E-state index in [-0.39, 0.29) is 5.54 Å². The minimum absolute atomic E-state index is 0.0910. The number of allylic oxidation sites excluding steroid dienone is 3. The molecule has 1 aliphatic heterocycles. The number of rotatable bonds is 2. The van der Waals surface area contributed by atoms with E-state index in [1.54, 1.807) is 0 Å². The molecule has 1 heteroatoms. The smallest absolute Gasteiger partial charge is 0.0740 e. The minimum Gasteiger partial charge on any atom is -0.331 e. The van der Waals surface area contributed by atoms with E-state index in [4.69, 9.17) is 0 Å². The van der Waals surface area contributed by atoms with Crippen LogP contribution in [-0.4, -0.2) is 0 Å². The standard InChI is InChI=1S/C22H25N/c1-5-20-17(3)22(4,18-13-9-7-10-14-18)23(21(20)6-2)19-15-11-8-12-16-19/h5-17H,1-4H3. The maximum absolute atomic E-state index is 2.50. The van der Waals surface area contributed by atoms with E-state index in [2.05, 4.69) is 105 Å². The van der Waals surface area contributed by atoms with E-state index >= 15 is 0 Å². The highest BCUT2D eigenvalue weighted by molar-refractivity contribution is 5.66. The fourth-order valence-electron chi connectivity index (χ4n) is 3.93. The van der Waals surface area contributed by atoms with E-state index in [0.717, 1.165) is 0 Å². The first-order valence-electron chi connectivity index (χ1n) is 8.38. The second kappa shape index (κ2) is 6.08. The van der Waals surface area contributed by atoms with Gasteiger partial charge in [0.1, 0.15) is 0 Å². The summed E-state index contributed by atoms with van der Waals surface area (Å²) in [6.45, 7) is 8.99. The Labute approximate surface area is 140 Å². The van der Waals surface area contributed by atoms with Crippen LogP contribution in [0, 0.1) is 5.92 Å². The van der Waals surface area contributed by atoms with Crippen LogP contribution in [0.15, 0.2) is 84.1 Å². The van der Waals surface area contributed by atoms with Crippen LogP contribution in [0.1, 0.15) is 33.3 Å². The van der Waals surface area contributed by atoms with Gasteiger partial charge in [-0.05, 0) is 44.0 Å². The molecule has 0 N–H and O–H groups in total. The highest BCUT2D eigenvalue weighted by atomic mass is 15.2. The Balaban J connectivity index is 2.27. The van der Waals surface area contributed by atoms with Crippen LogP contribution in [0.25, 0.3) is 0 Å². The molecule has 1 heterocycles. The van der Waals surface area contributed by atoms with Crippen LogP contribution in [-0.2, 0) is 5.54 Å². The second-order valence-electron chi connectivity index (χ2n) is 6.32. The largest absolute Gasteiger partial charge is 0.331 e. The Morgan fingerprint density at radius 3 is 1.96 bits per heavy atom. The molecule has 0 saturated carbocycles. The molecule has 0 aromatic heterocycles. The van der Waals surface area contributed by atoms with Crippen LogP contribution >= 0.6 is 0 Å². The SMILES string of the molecule is CC=C1C(=CC)N(c2ccccc2)C(C)(c2ccccc2)C1C. The van der Waals surface area contributed by atoms with Crippen molar-refractivity contribution in [3.05, 3.63) is 89.6 Å². The molecule has 0 radical (unpaired) electrons. The van der Waals surface area contributed by atoms with Gasteiger partial charge in [0.2, 0.25) is 0 Å². The van der Waals surface area contributed by atoms with Crippen molar-refractivity contribution < 1.29 is 0 Å². The predicted molar refractivity (Wildman–Crippen MR) is 99.4 cm³/mol. The molecule has 1 aliphatic rings. The van der Waals surface area contributed by atoms with Crippen LogP contribution in [0.4, 0.5) is 5.69 Å². The average molecular weight is 303 g/mol. The zero-order valence-corrected chi connectivity index (χ0v) is 14.5. The van der Waals surface area contributed by atoms with Gasteiger partial charge in [0, 0.05) is 17.3 Å². The lowest BCUT2D eigenvalue weighted by molar-refractivity contribution is 0.402. The predicted octanol–water partition coefficient (Wildman–Crippen LogP) is 5.91. The van der Waals surface area contributed by atoms with E-state index in [0.29, 0.717) is 5.92 Å². The monoisotopic (exact) mass is 303 g/mol. The maximum Gasteiger partial charge on any atom is 0.0740 e. The molecule has 0 spiro atoms. The summed E-state index contributed by atoms with van der Waals surface area (Å²) in [5.41, 5.74) is 5.25. The van der Waals surface area contributed by atoms with Crippen molar-refractivity contribution in [1.29, 1.82) is 0 Å².